The van der Waals surface area contributed by atoms with Crippen LogP contribution in [-0.2, 0) is 21.3 Å². The molecule has 0 aliphatic carbocycles. The standard InChI is InChI=1S/C19H20F2N2O4S/c1-22(13-14-3-2-4-15(20)11-14)19(24)17-12-16(5-6-18(17)21)28(25,26)23-7-9-27-10-8-23/h2-6,11-12H,7-10,13H2,1H3. The summed E-state index contributed by atoms with van der Waals surface area (Å²) in [4.78, 5) is 13.7. The van der Waals surface area contributed by atoms with Crippen molar-refractivity contribution in [3.8, 4) is 0 Å². The SMILES string of the molecule is CN(Cc1cccc(F)c1)C(=O)c1cc(S(=O)(=O)N2CCOCC2)ccc1F. The van der Waals surface area contributed by atoms with E-state index in [0.717, 1.165) is 18.2 Å². The molecule has 0 atom stereocenters. The van der Waals surface area contributed by atoms with Gasteiger partial charge in [-0.25, -0.2) is 17.2 Å². The molecule has 0 spiro atoms. The molecule has 1 aliphatic rings. The molecule has 9 heteroatoms. The minimum Gasteiger partial charge on any atom is -0.379 e. The second kappa shape index (κ2) is 8.34. The van der Waals surface area contributed by atoms with Crippen LogP contribution in [0.15, 0.2) is 47.4 Å². The van der Waals surface area contributed by atoms with E-state index in [4.69, 9.17) is 4.74 Å². The fraction of sp³-hybridized carbons (Fsp3) is 0.316. The summed E-state index contributed by atoms with van der Waals surface area (Å²) in [5, 5.41) is 0. The number of morpholine rings is 1. The van der Waals surface area contributed by atoms with Gasteiger partial charge in [-0.3, -0.25) is 4.79 Å². The Labute approximate surface area is 162 Å². The third-order valence-electron chi connectivity index (χ3n) is 4.43. The zero-order chi connectivity index (χ0) is 20.3. The molecule has 1 fully saturated rings. The molecule has 2 aromatic rings. The highest BCUT2D eigenvalue weighted by Crippen LogP contribution is 2.21. The van der Waals surface area contributed by atoms with Gasteiger partial charge in [0.1, 0.15) is 11.6 Å². The van der Waals surface area contributed by atoms with Gasteiger partial charge in [-0.05, 0) is 35.9 Å². The van der Waals surface area contributed by atoms with Gasteiger partial charge >= 0.3 is 0 Å². The lowest BCUT2D eigenvalue weighted by molar-refractivity contribution is 0.0730. The minimum atomic E-state index is -3.86. The van der Waals surface area contributed by atoms with Crippen molar-refractivity contribution in [2.24, 2.45) is 0 Å². The van der Waals surface area contributed by atoms with Gasteiger partial charge in [0, 0.05) is 26.7 Å². The van der Waals surface area contributed by atoms with E-state index in [0.29, 0.717) is 5.56 Å². The van der Waals surface area contributed by atoms with Gasteiger partial charge in [-0.2, -0.15) is 4.31 Å². The van der Waals surface area contributed by atoms with E-state index in [9.17, 15) is 22.0 Å². The van der Waals surface area contributed by atoms with Gasteiger partial charge in [0.15, 0.2) is 0 Å². The largest absolute Gasteiger partial charge is 0.379 e. The maximum absolute atomic E-state index is 14.3. The van der Waals surface area contributed by atoms with E-state index in [1.807, 2.05) is 0 Å². The van der Waals surface area contributed by atoms with Crippen LogP contribution in [0.4, 0.5) is 8.78 Å². The Hall–Kier alpha value is -2.36. The van der Waals surface area contributed by atoms with Crippen molar-refractivity contribution in [2.45, 2.75) is 11.4 Å². The van der Waals surface area contributed by atoms with Gasteiger partial charge in [0.2, 0.25) is 10.0 Å². The van der Waals surface area contributed by atoms with E-state index in [2.05, 4.69) is 0 Å². The number of benzene rings is 2. The predicted octanol–water partition coefficient (Wildman–Crippen LogP) is 2.26. The molecule has 0 unspecified atom stereocenters. The lowest BCUT2D eigenvalue weighted by Gasteiger charge is -2.26. The topological polar surface area (TPSA) is 66.9 Å². The smallest absolute Gasteiger partial charge is 0.256 e. The van der Waals surface area contributed by atoms with Crippen LogP contribution in [0, 0.1) is 11.6 Å². The number of halogens is 2. The summed E-state index contributed by atoms with van der Waals surface area (Å²) in [6.45, 7) is 1.01. The first-order chi connectivity index (χ1) is 13.3. The van der Waals surface area contributed by atoms with Crippen LogP contribution in [0.1, 0.15) is 15.9 Å². The van der Waals surface area contributed by atoms with Crippen LogP contribution >= 0.6 is 0 Å². The van der Waals surface area contributed by atoms with Gasteiger partial charge in [-0.15, -0.1) is 0 Å². The zero-order valence-corrected chi connectivity index (χ0v) is 16.1. The lowest BCUT2D eigenvalue weighted by Crippen LogP contribution is -2.40. The summed E-state index contributed by atoms with van der Waals surface area (Å²) < 4.78 is 59.5. The molecule has 28 heavy (non-hydrogen) atoms. The van der Waals surface area contributed by atoms with Crippen molar-refractivity contribution in [2.75, 3.05) is 33.4 Å². The Morgan fingerprint density at radius 2 is 1.86 bits per heavy atom. The summed E-state index contributed by atoms with van der Waals surface area (Å²) in [5.41, 5.74) is 0.182. The molecular formula is C19H20F2N2O4S. The summed E-state index contributed by atoms with van der Waals surface area (Å²) in [7, 11) is -2.42. The maximum Gasteiger partial charge on any atom is 0.256 e. The molecule has 1 heterocycles. The van der Waals surface area contributed by atoms with Crippen molar-refractivity contribution >= 4 is 15.9 Å². The fourth-order valence-corrected chi connectivity index (χ4v) is 4.39. The van der Waals surface area contributed by atoms with Crippen LogP contribution in [0.3, 0.4) is 0 Å². The molecule has 6 nitrogen and oxygen atoms in total. The number of rotatable bonds is 5. The lowest BCUT2D eigenvalue weighted by atomic mass is 10.1. The quantitative estimate of drug-likeness (QED) is 0.759. The molecule has 2 aromatic carbocycles. The summed E-state index contributed by atoms with van der Waals surface area (Å²) in [5.74, 6) is -1.96. The van der Waals surface area contributed by atoms with Crippen molar-refractivity contribution < 1.29 is 26.7 Å². The molecule has 0 radical (unpaired) electrons. The number of carbonyl (C=O) groups is 1. The molecule has 1 saturated heterocycles. The first kappa shape index (κ1) is 20.4. The van der Waals surface area contributed by atoms with Crippen LogP contribution in [0.25, 0.3) is 0 Å². The van der Waals surface area contributed by atoms with Gasteiger partial charge in [0.05, 0.1) is 23.7 Å². The van der Waals surface area contributed by atoms with Crippen LogP contribution < -0.4 is 0 Å². The van der Waals surface area contributed by atoms with Crippen molar-refractivity contribution in [1.29, 1.82) is 0 Å². The third kappa shape index (κ3) is 4.37. The van der Waals surface area contributed by atoms with Crippen molar-refractivity contribution in [1.82, 2.24) is 9.21 Å². The summed E-state index contributed by atoms with van der Waals surface area (Å²) in [6, 6.07) is 8.87. The fourth-order valence-electron chi connectivity index (χ4n) is 2.95. The van der Waals surface area contributed by atoms with E-state index >= 15 is 0 Å². The number of nitrogens with zero attached hydrogens (tertiary/aromatic N) is 2. The van der Waals surface area contributed by atoms with E-state index < -0.39 is 27.6 Å². The average molecular weight is 410 g/mol. The Kier molecular flexibility index (Phi) is 6.07. The van der Waals surface area contributed by atoms with Crippen molar-refractivity contribution in [3.05, 3.63) is 65.2 Å². The van der Waals surface area contributed by atoms with Crippen LogP contribution in [-0.4, -0.2) is 56.9 Å². The van der Waals surface area contributed by atoms with E-state index in [-0.39, 0.29) is 43.3 Å². The van der Waals surface area contributed by atoms with Crippen molar-refractivity contribution in [3.63, 3.8) is 0 Å². The first-order valence-electron chi connectivity index (χ1n) is 8.66. The molecule has 0 bridgehead atoms. The molecule has 0 N–H and O–H groups in total. The van der Waals surface area contributed by atoms with Crippen LogP contribution in [0.2, 0.25) is 0 Å². The Morgan fingerprint density at radius 3 is 2.54 bits per heavy atom. The molecule has 1 amide bonds. The van der Waals surface area contributed by atoms with Gasteiger partial charge < -0.3 is 9.64 Å². The van der Waals surface area contributed by atoms with Gasteiger partial charge in [-0.1, -0.05) is 12.1 Å². The zero-order valence-electron chi connectivity index (χ0n) is 15.3. The van der Waals surface area contributed by atoms with Gasteiger partial charge in [0.25, 0.3) is 5.91 Å². The van der Waals surface area contributed by atoms with Crippen LogP contribution in [0.5, 0.6) is 0 Å². The van der Waals surface area contributed by atoms with E-state index in [1.54, 1.807) is 6.07 Å². The Bertz CT molecular complexity index is 976. The summed E-state index contributed by atoms with van der Waals surface area (Å²) in [6.07, 6.45) is 0. The predicted molar refractivity (Wildman–Crippen MR) is 98.2 cm³/mol. The molecule has 1 aliphatic heterocycles. The second-order valence-corrected chi connectivity index (χ2v) is 8.39. The number of amides is 1. The highest BCUT2D eigenvalue weighted by Gasteiger charge is 2.28. The number of carbonyl (C=O) groups excluding carboxylic acids is 1. The molecular weight excluding hydrogens is 390 g/mol. The highest BCUT2D eigenvalue weighted by atomic mass is 32.2. The molecule has 3 rings (SSSR count). The molecule has 150 valence electrons. The second-order valence-electron chi connectivity index (χ2n) is 6.45. The molecule has 0 saturated carbocycles. The maximum atomic E-state index is 14.3. The minimum absolute atomic E-state index is 0.0521. The summed E-state index contributed by atoms with van der Waals surface area (Å²) >= 11 is 0. The number of ether oxygens (including phenoxy) is 1. The number of hydrogen-bond acceptors (Lipinski definition) is 4. The molecule has 0 aromatic heterocycles. The van der Waals surface area contributed by atoms with E-state index in [1.165, 1.54) is 34.5 Å². The Morgan fingerprint density at radius 1 is 1.14 bits per heavy atom. The highest BCUT2D eigenvalue weighted by molar-refractivity contribution is 7.89. The Balaban J connectivity index is 1.85. The monoisotopic (exact) mass is 410 g/mol. The average Bonchev–Trinajstić information content (AvgIpc) is 2.68. The third-order valence-corrected chi connectivity index (χ3v) is 6.33. The normalized spacial score (nSPS) is 15.4. The first-order valence-corrected chi connectivity index (χ1v) is 10.1. The number of hydrogen-bond donors (Lipinski definition) is 0. The number of sulfonamides is 1.